The van der Waals surface area contributed by atoms with E-state index in [9.17, 15) is 4.79 Å². The number of carbonyl (C=O) groups excluding carboxylic acids is 1. The number of fused-ring (bicyclic) bond motifs is 1. The quantitative estimate of drug-likeness (QED) is 0.798. The van der Waals surface area contributed by atoms with E-state index in [1.807, 2.05) is 18.2 Å². The first-order valence-corrected chi connectivity index (χ1v) is 8.84. The van der Waals surface area contributed by atoms with Crippen molar-refractivity contribution in [1.82, 2.24) is 4.98 Å². The lowest BCUT2D eigenvalue weighted by molar-refractivity contribution is 0.117. The molecule has 1 amide bonds. The Kier molecular flexibility index (Phi) is 4.42. The summed E-state index contributed by atoms with van der Waals surface area (Å²) in [5.74, 6) is 1.81. The minimum absolute atomic E-state index is 0.204. The van der Waals surface area contributed by atoms with Crippen LogP contribution in [0.15, 0.2) is 24.3 Å². The zero-order valence-corrected chi connectivity index (χ0v) is 14.6. The maximum atomic E-state index is 11.0. The van der Waals surface area contributed by atoms with Crippen molar-refractivity contribution in [3.63, 3.8) is 0 Å². The van der Waals surface area contributed by atoms with E-state index in [-0.39, 0.29) is 6.10 Å². The number of hydrogen-bond acceptors (Lipinski definition) is 7. The third-order valence-electron chi connectivity index (χ3n) is 4.88. The van der Waals surface area contributed by atoms with Gasteiger partial charge in [-0.25, -0.2) is 9.78 Å². The molecule has 0 saturated carbocycles. The monoisotopic (exact) mass is 357 g/mol. The van der Waals surface area contributed by atoms with Crippen molar-refractivity contribution in [3.05, 3.63) is 24.3 Å². The third kappa shape index (κ3) is 3.32. The number of pyridine rings is 1. The molecule has 0 aliphatic carbocycles. The molecule has 8 nitrogen and oxygen atoms in total. The topological polar surface area (TPSA) is 107 Å². The van der Waals surface area contributed by atoms with Gasteiger partial charge < -0.3 is 30.7 Å². The zero-order valence-electron chi connectivity index (χ0n) is 14.6. The van der Waals surface area contributed by atoms with E-state index < -0.39 is 6.09 Å². The summed E-state index contributed by atoms with van der Waals surface area (Å²) in [7, 11) is 0. The average Bonchev–Trinajstić information content (AvgIpc) is 3.08. The normalized spacial score (nSPS) is 20.5. The molecule has 2 fully saturated rings. The maximum absolute atomic E-state index is 11.0. The number of nitrogen functional groups attached to an aromatic ring is 1. The predicted molar refractivity (Wildman–Crippen MR) is 100 cm³/mol. The van der Waals surface area contributed by atoms with Crippen molar-refractivity contribution >= 4 is 34.2 Å². The summed E-state index contributed by atoms with van der Waals surface area (Å²) < 4.78 is 10.6. The number of carbonyl (C=O) groups is 1. The van der Waals surface area contributed by atoms with Gasteiger partial charge in [-0.2, -0.15) is 0 Å². The molecular weight excluding hydrogens is 334 g/mol. The number of anilines is 3. The van der Waals surface area contributed by atoms with E-state index in [4.69, 9.17) is 25.9 Å². The Bertz CT molecular complexity index is 822. The molecule has 0 radical (unpaired) electrons. The number of nitrogens with two attached hydrogens (primary N) is 2. The second-order valence-electron chi connectivity index (χ2n) is 6.68. The highest BCUT2D eigenvalue weighted by Crippen LogP contribution is 2.33. The minimum Gasteiger partial charge on any atom is -0.444 e. The molecule has 8 heteroatoms. The van der Waals surface area contributed by atoms with Crippen molar-refractivity contribution in [1.29, 1.82) is 0 Å². The number of primary amides is 1. The summed E-state index contributed by atoms with van der Waals surface area (Å²) in [6.07, 6.45) is -0.197. The molecule has 1 unspecified atom stereocenters. The highest BCUT2D eigenvalue weighted by atomic mass is 16.6. The standard InChI is InChI=1S/C18H23N5O3/c19-13-1-2-15-12(9-13)10-16(22-5-7-25-8-6-22)21-17(15)23-4-3-14(11-23)26-18(20)24/h1-2,9-10,14H,3-8,11,19H2,(H2,20,24). The lowest BCUT2D eigenvalue weighted by Crippen LogP contribution is -2.37. The van der Waals surface area contributed by atoms with E-state index in [1.54, 1.807) is 0 Å². The second kappa shape index (κ2) is 6.87. The van der Waals surface area contributed by atoms with E-state index in [0.29, 0.717) is 19.8 Å². The van der Waals surface area contributed by atoms with Crippen LogP contribution in [-0.2, 0) is 9.47 Å². The molecule has 1 aromatic carbocycles. The van der Waals surface area contributed by atoms with E-state index >= 15 is 0 Å². The van der Waals surface area contributed by atoms with E-state index in [1.165, 1.54) is 0 Å². The van der Waals surface area contributed by atoms with Crippen LogP contribution in [0, 0.1) is 0 Å². The van der Waals surface area contributed by atoms with Crippen LogP contribution in [0.1, 0.15) is 6.42 Å². The van der Waals surface area contributed by atoms with Crippen LogP contribution in [0.3, 0.4) is 0 Å². The number of morpholine rings is 1. The molecule has 138 valence electrons. The summed E-state index contributed by atoms with van der Waals surface area (Å²) >= 11 is 0. The van der Waals surface area contributed by atoms with Gasteiger partial charge in [-0.05, 0) is 29.7 Å². The van der Waals surface area contributed by atoms with Gasteiger partial charge in [0.25, 0.3) is 0 Å². The first-order chi connectivity index (χ1) is 12.6. The van der Waals surface area contributed by atoms with Gasteiger partial charge in [-0.1, -0.05) is 0 Å². The molecule has 4 N–H and O–H groups in total. The molecular formula is C18H23N5O3. The number of ether oxygens (including phenoxy) is 2. The van der Waals surface area contributed by atoms with Crippen LogP contribution >= 0.6 is 0 Å². The summed E-state index contributed by atoms with van der Waals surface area (Å²) in [4.78, 5) is 20.4. The molecule has 0 spiro atoms. The van der Waals surface area contributed by atoms with Crippen molar-refractivity contribution in [3.8, 4) is 0 Å². The Morgan fingerprint density at radius 1 is 1.19 bits per heavy atom. The fourth-order valence-corrected chi connectivity index (χ4v) is 3.62. The van der Waals surface area contributed by atoms with Crippen molar-refractivity contribution in [2.75, 3.05) is 54.9 Å². The van der Waals surface area contributed by atoms with Crippen LogP contribution in [0.2, 0.25) is 0 Å². The zero-order chi connectivity index (χ0) is 18.1. The molecule has 3 heterocycles. The second-order valence-corrected chi connectivity index (χ2v) is 6.68. The largest absolute Gasteiger partial charge is 0.444 e. The highest BCUT2D eigenvalue weighted by molar-refractivity contribution is 5.96. The molecule has 26 heavy (non-hydrogen) atoms. The molecule has 2 aromatic rings. The van der Waals surface area contributed by atoms with Gasteiger partial charge >= 0.3 is 6.09 Å². The summed E-state index contributed by atoms with van der Waals surface area (Å²) in [5, 5.41) is 2.09. The molecule has 2 saturated heterocycles. The van der Waals surface area contributed by atoms with Gasteiger partial charge in [0.05, 0.1) is 19.8 Å². The first-order valence-electron chi connectivity index (χ1n) is 8.84. The molecule has 0 bridgehead atoms. The van der Waals surface area contributed by atoms with Gasteiger partial charge in [0, 0.05) is 37.1 Å². The summed E-state index contributed by atoms with van der Waals surface area (Å²) in [6, 6.07) is 7.93. The number of nitrogens with zero attached hydrogens (tertiary/aromatic N) is 3. The van der Waals surface area contributed by atoms with Crippen LogP contribution in [0.5, 0.6) is 0 Å². The number of hydrogen-bond donors (Lipinski definition) is 2. The first kappa shape index (κ1) is 16.7. The average molecular weight is 357 g/mol. The van der Waals surface area contributed by atoms with E-state index in [2.05, 4.69) is 15.9 Å². The van der Waals surface area contributed by atoms with Crippen LogP contribution in [0.25, 0.3) is 10.8 Å². The van der Waals surface area contributed by atoms with Gasteiger partial charge in [-0.15, -0.1) is 0 Å². The number of benzene rings is 1. The number of amides is 1. The Morgan fingerprint density at radius 3 is 2.77 bits per heavy atom. The SMILES string of the molecule is NC(=O)OC1CCN(c2nc(N3CCOCC3)cc3cc(N)ccc23)C1. The number of aromatic nitrogens is 1. The van der Waals surface area contributed by atoms with Gasteiger partial charge in [0.15, 0.2) is 0 Å². The minimum atomic E-state index is -0.732. The predicted octanol–water partition coefficient (Wildman–Crippen LogP) is 1.33. The molecule has 1 atom stereocenters. The van der Waals surface area contributed by atoms with Crippen LogP contribution in [-0.4, -0.2) is 56.6 Å². The fraction of sp³-hybridized carbons (Fsp3) is 0.444. The number of rotatable bonds is 3. The molecule has 2 aliphatic heterocycles. The lowest BCUT2D eigenvalue weighted by Gasteiger charge is -2.29. The third-order valence-corrected chi connectivity index (χ3v) is 4.88. The Balaban J connectivity index is 1.71. The van der Waals surface area contributed by atoms with Crippen LogP contribution < -0.4 is 21.3 Å². The Labute approximate surface area is 151 Å². The lowest BCUT2D eigenvalue weighted by atomic mass is 10.1. The maximum Gasteiger partial charge on any atom is 0.404 e. The Hall–Kier alpha value is -2.74. The fourth-order valence-electron chi connectivity index (χ4n) is 3.62. The highest BCUT2D eigenvalue weighted by Gasteiger charge is 2.28. The smallest absolute Gasteiger partial charge is 0.404 e. The van der Waals surface area contributed by atoms with Crippen molar-refractivity contribution in [2.45, 2.75) is 12.5 Å². The summed E-state index contributed by atoms with van der Waals surface area (Å²) in [5.41, 5.74) is 11.9. The van der Waals surface area contributed by atoms with Crippen molar-refractivity contribution in [2.24, 2.45) is 5.73 Å². The molecule has 2 aliphatic rings. The van der Waals surface area contributed by atoms with Gasteiger partial charge in [-0.3, -0.25) is 0 Å². The van der Waals surface area contributed by atoms with Gasteiger partial charge in [0.2, 0.25) is 0 Å². The summed E-state index contributed by atoms with van der Waals surface area (Å²) in [6.45, 7) is 4.37. The van der Waals surface area contributed by atoms with Crippen LogP contribution in [0.4, 0.5) is 22.1 Å². The van der Waals surface area contributed by atoms with E-state index in [0.717, 1.165) is 54.2 Å². The molecule has 1 aromatic heterocycles. The van der Waals surface area contributed by atoms with Crippen molar-refractivity contribution < 1.29 is 14.3 Å². The Morgan fingerprint density at radius 2 is 2.00 bits per heavy atom. The van der Waals surface area contributed by atoms with Gasteiger partial charge in [0.1, 0.15) is 17.7 Å². The molecule has 4 rings (SSSR count).